The fraction of sp³-hybridized carbons (Fsp3) is 0.462. The molecule has 0 fully saturated rings. The SMILES string of the molecule is CC(C)Cc1ccc(C(C)C(=O)O)cc1.[Ru]. The minimum absolute atomic E-state index is 0. The molecule has 1 unspecified atom stereocenters. The van der Waals surface area contributed by atoms with Crippen molar-refractivity contribution >= 4 is 5.97 Å². The predicted octanol–water partition coefficient (Wildman–Crippen LogP) is 3.07. The Balaban J connectivity index is 0.00000225. The zero-order chi connectivity index (χ0) is 11.4. The van der Waals surface area contributed by atoms with Crippen LogP contribution in [0, 0.1) is 5.92 Å². The van der Waals surface area contributed by atoms with Crippen LogP contribution < -0.4 is 0 Å². The van der Waals surface area contributed by atoms with Crippen LogP contribution in [0.15, 0.2) is 24.3 Å². The summed E-state index contributed by atoms with van der Waals surface area (Å²) in [7, 11) is 0. The Morgan fingerprint density at radius 2 is 1.69 bits per heavy atom. The van der Waals surface area contributed by atoms with Gasteiger partial charge in [-0.1, -0.05) is 38.1 Å². The molecule has 0 radical (unpaired) electrons. The Morgan fingerprint density at radius 3 is 2.06 bits per heavy atom. The Morgan fingerprint density at radius 1 is 1.19 bits per heavy atom. The molecule has 1 rings (SSSR count). The van der Waals surface area contributed by atoms with E-state index < -0.39 is 11.9 Å². The van der Waals surface area contributed by atoms with Gasteiger partial charge >= 0.3 is 5.97 Å². The van der Waals surface area contributed by atoms with Crippen LogP contribution in [-0.4, -0.2) is 11.1 Å². The maximum absolute atomic E-state index is 10.8. The van der Waals surface area contributed by atoms with Gasteiger partial charge in [0.25, 0.3) is 0 Å². The third-order valence-corrected chi connectivity index (χ3v) is 2.49. The molecule has 90 valence electrons. The number of carboxylic acids is 1. The maximum Gasteiger partial charge on any atom is 0.310 e. The van der Waals surface area contributed by atoms with Gasteiger partial charge in [0.15, 0.2) is 0 Å². The predicted molar refractivity (Wildman–Crippen MR) is 61.0 cm³/mol. The van der Waals surface area contributed by atoms with E-state index in [9.17, 15) is 4.79 Å². The molecule has 0 aliphatic rings. The normalized spacial score (nSPS) is 12.0. The van der Waals surface area contributed by atoms with Crippen LogP contribution in [0.2, 0.25) is 0 Å². The van der Waals surface area contributed by atoms with E-state index in [1.165, 1.54) is 5.56 Å². The first-order valence-corrected chi connectivity index (χ1v) is 5.32. The van der Waals surface area contributed by atoms with Gasteiger partial charge in [0, 0.05) is 19.5 Å². The van der Waals surface area contributed by atoms with Crippen LogP contribution in [-0.2, 0) is 30.7 Å². The molecule has 1 aromatic carbocycles. The molecule has 3 heteroatoms. The number of carboxylic acid groups (broad SMARTS) is 1. The molecule has 0 aliphatic carbocycles. The fourth-order valence-corrected chi connectivity index (χ4v) is 1.56. The summed E-state index contributed by atoms with van der Waals surface area (Å²) in [6.45, 7) is 6.06. The second kappa shape index (κ2) is 6.80. The largest absolute Gasteiger partial charge is 0.481 e. The summed E-state index contributed by atoms with van der Waals surface area (Å²) in [5.41, 5.74) is 2.14. The van der Waals surface area contributed by atoms with E-state index in [1.54, 1.807) is 6.92 Å². The molecule has 0 saturated heterocycles. The minimum atomic E-state index is -0.772. The van der Waals surface area contributed by atoms with Crippen molar-refractivity contribution in [2.24, 2.45) is 5.92 Å². The zero-order valence-electron chi connectivity index (χ0n) is 9.88. The topological polar surface area (TPSA) is 37.3 Å². The molecule has 0 aliphatic heterocycles. The second-order valence-electron chi connectivity index (χ2n) is 4.40. The second-order valence-corrected chi connectivity index (χ2v) is 4.40. The summed E-state index contributed by atoms with van der Waals surface area (Å²) in [5, 5.41) is 8.85. The van der Waals surface area contributed by atoms with E-state index in [1.807, 2.05) is 24.3 Å². The summed E-state index contributed by atoms with van der Waals surface area (Å²) in [6.07, 6.45) is 1.04. The molecular formula is C13H18O2Ru. The Bertz CT molecular complexity index is 330. The van der Waals surface area contributed by atoms with E-state index in [0.29, 0.717) is 5.92 Å². The van der Waals surface area contributed by atoms with Gasteiger partial charge in [0.2, 0.25) is 0 Å². The summed E-state index contributed by atoms with van der Waals surface area (Å²) in [5.74, 6) is -0.558. The van der Waals surface area contributed by atoms with Gasteiger partial charge in [-0.15, -0.1) is 0 Å². The van der Waals surface area contributed by atoms with Crippen LogP contribution >= 0.6 is 0 Å². The smallest absolute Gasteiger partial charge is 0.310 e. The van der Waals surface area contributed by atoms with E-state index >= 15 is 0 Å². The summed E-state index contributed by atoms with van der Waals surface area (Å²) < 4.78 is 0. The van der Waals surface area contributed by atoms with Crippen LogP contribution in [0.1, 0.15) is 37.8 Å². The van der Waals surface area contributed by atoms with Gasteiger partial charge in [-0.3, -0.25) is 4.79 Å². The monoisotopic (exact) mass is 308 g/mol. The van der Waals surface area contributed by atoms with Crippen LogP contribution in [0.5, 0.6) is 0 Å². The molecule has 0 bridgehead atoms. The van der Waals surface area contributed by atoms with Gasteiger partial charge in [-0.05, 0) is 30.4 Å². The third-order valence-electron chi connectivity index (χ3n) is 2.49. The first kappa shape index (κ1) is 15.3. The van der Waals surface area contributed by atoms with Crippen LogP contribution in [0.25, 0.3) is 0 Å². The Labute approximate surface area is 110 Å². The van der Waals surface area contributed by atoms with Gasteiger partial charge in [-0.25, -0.2) is 0 Å². The summed E-state index contributed by atoms with van der Waals surface area (Å²) >= 11 is 0. The minimum Gasteiger partial charge on any atom is -0.481 e. The molecule has 0 amide bonds. The Hall–Kier alpha value is -0.687. The van der Waals surface area contributed by atoms with Gasteiger partial charge in [0.05, 0.1) is 5.92 Å². The Kier molecular flexibility index (Phi) is 6.51. The number of hydrogen-bond donors (Lipinski definition) is 1. The fourth-order valence-electron chi connectivity index (χ4n) is 1.56. The number of benzene rings is 1. The van der Waals surface area contributed by atoms with Crippen molar-refractivity contribution in [3.05, 3.63) is 35.4 Å². The molecule has 16 heavy (non-hydrogen) atoms. The van der Waals surface area contributed by atoms with Crippen molar-refractivity contribution in [3.8, 4) is 0 Å². The molecule has 0 saturated carbocycles. The van der Waals surface area contributed by atoms with Crippen molar-refractivity contribution in [2.45, 2.75) is 33.1 Å². The number of rotatable bonds is 4. The molecule has 0 heterocycles. The average Bonchev–Trinajstić information content (AvgIpc) is 2.17. The van der Waals surface area contributed by atoms with Crippen molar-refractivity contribution in [3.63, 3.8) is 0 Å². The van der Waals surface area contributed by atoms with Crippen LogP contribution in [0.4, 0.5) is 0 Å². The summed E-state index contributed by atoms with van der Waals surface area (Å²) in [6, 6.07) is 7.87. The number of hydrogen-bond acceptors (Lipinski definition) is 1. The third kappa shape index (κ3) is 4.44. The average molecular weight is 307 g/mol. The number of aliphatic carboxylic acids is 1. The van der Waals surface area contributed by atoms with E-state index in [-0.39, 0.29) is 19.5 Å². The molecule has 1 N–H and O–H groups in total. The van der Waals surface area contributed by atoms with Gasteiger partial charge in [0.1, 0.15) is 0 Å². The van der Waals surface area contributed by atoms with Crippen molar-refractivity contribution in [1.82, 2.24) is 0 Å². The van der Waals surface area contributed by atoms with Gasteiger partial charge < -0.3 is 5.11 Å². The summed E-state index contributed by atoms with van der Waals surface area (Å²) in [4.78, 5) is 10.8. The molecular weight excluding hydrogens is 289 g/mol. The van der Waals surface area contributed by atoms with E-state index in [2.05, 4.69) is 13.8 Å². The molecule has 1 aromatic rings. The molecule has 2 nitrogen and oxygen atoms in total. The van der Waals surface area contributed by atoms with Gasteiger partial charge in [-0.2, -0.15) is 0 Å². The van der Waals surface area contributed by atoms with Crippen molar-refractivity contribution in [1.29, 1.82) is 0 Å². The molecule has 0 aromatic heterocycles. The first-order chi connectivity index (χ1) is 7.00. The number of carbonyl (C=O) groups is 1. The maximum atomic E-state index is 10.8. The van der Waals surface area contributed by atoms with Crippen molar-refractivity contribution in [2.75, 3.05) is 0 Å². The van der Waals surface area contributed by atoms with Crippen molar-refractivity contribution < 1.29 is 29.4 Å². The zero-order valence-corrected chi connectivity index (χ0v) is 11.6. The first-order valence-electron chi connectivity index (χ1n) is 5.32. The van der Waals surface area contributed by atoms with Crippen LogP contribution in [0.3, 0.4) is 0 Å². The molecule has 0 spiro atoms. The standard InChI is InChI=1S/C13H18O2.Ru/c1-9(2)8-11-4-6-12(7-5-11)10(3)13(14)15;/h4-7,9-10H,8H2,1-3H3,(H,14,15);. The molecule has 1 atom stereocenters. The van der Waals surface area contributed by atoms with E-state index in [0.717, 1.165) is 12.0 Å². The quantitative estimate of drug-likeness (QED) is 0.868. The van der Waals surface area contributed by atoms with E-state index in [4.69, 9.17) is 5.11 Å².